The third-order valence-electron chi connectivity index (χ3n) is 1.39. The van der Waals surface area contributed by atoms with E-state index in [0.717, 1.165) is 0 Å². The molecule has 0 radical (unpaired) electrons. The molecule has 64 valence electrons. The number of aromatic nitrogens is 1. The van der Waals surface area contributed by atoms with E-state index in [-0.39, 0.29) is 5.56 Å². The van der Waals surface area contributed by atoms with Gasteiger partial charge in [-0.05, 0) is 6.07 Å². The number of rotatable bonds is 2. The molecular formula is C7H7FN2O2. The summed E-state index contributed by atoms with van der Waals surface area (Å²) in [5, 5.41) is 8.44. The SMILES string of the molecule is N[C@H](C(=O)O)c1cccnc1F. The minimum Gasteiger partial charge on any atom is -0.480 e. The highest BCUT2D eigenvalue weighted by Gasteiger charge is 2.18. The Labute approximate surface area is 67.8 Å². The van der Waals surface area contributed by atoms with Crippen molar-refractivity contribution in [3.8, 4) is 0 Å². The first-order valence-corrected chi connectivity index (χ1v) is 3.21. The molecule has 1 atom stereocenters. The lowest BCUT2D eigenvalue weighted by molar-refractivity contribution is -0.138. The van der Waals surface area contributed by atoms with Crippen LogP contribution in [0.25, 0.3) is 0 Å². The molecule has 0 unspecified atom stereocenters. The van der Waals surface area contributed by atoms with E-state index in [1.807, 2.05) is 0 Å². The fourth-order valence-electron chi connectivity index (χ4n) is 0.763. The van der Waals surface area contributed by atoms with E-state index in [0.29, 0.717) is 0 Å². The molecule has 1 aromatic rings. The Balaban J connectivity index is 3.02. The molecule has 0 bridgehead atoms. The van der Waals surface area contributed by atoms with Crippen LogP contribution in [0.5, 0.6) is 0 Å². The Morgan fingerprint density at radius 2 is 2.42 bits per heavy atom. The molecule has 0 aliphatic carbocycles. The fourth-order valence-corrected chi connectivity index (χ4v) is 0.763. The molecule has 0 aliphatic heterocycles. The average Bonchev–Trinajstić information content (AvgIpc) is 2.04. The van der Waals surface area contributed by atoms with Gasteiger partial charge in [-0.2, -0.15) is 4.39 Å². The van der Waals surface area contributed by atoms with Crippen LogP contribution in [-0.4, -0.2) is 16.1 Å². The van der Waals surface area contributed by atoms with Gasteiger partial charge in [0.2, 0.25) is 5.95 Å². The van der Waals surface area contributed by atoms with Gasteiger partial charge >= 0.3 is 5.97 Å². The van der Waals surface area contributed by atoms with Crippen molar-refractivity contribution in [3.05, 3.63) is 29.8 Å². The number of carbonyl (C=O) groups is 1. The van der Waals surface area contributed by atoms with E-state index in [9.17, 15) is 9.18 Å². The highest BCUT2D eigenvalue weighted by molar-refractivity contribution is 5.75. The first kappa shape index (κ1) is 8.61. The van der Waals surface area contributed by atoms with Crippen molar-refractivity contribution in [2.45, 2.75) is 6.04 Å². The number of nitrogens with zero attached hydrogens (tertiary/aromatic N) is 1. The molecule has 1 aromatic heterocycles. The molecule has 3 N–H and O–H groups in total. The summed E-state index contributed by atoms with van der Waals surface area (Å²) in [7, 11) is 0. The lowest BCUT2D eigenvalue weighted by Gasteiger charge is -2.05. The predicted molar refractivity (Wildman–Crippen MR) is 38.8 cm³/mol. The van der Waals surface area contributed by atoms with Crippen molar-refractivity contribution in [2.75, 3.05) is 0 Å². The van der Waals surface area contributed by atoms with E-state index in [1.54, 1.807) is 0 Å². The zero-order valence-electron chi connectivity index (χ0n) is 6.07. The molecule has 1 rings (SSSR count). The number of aliphatic carboxylic acids is 1. The second-order valence-electron chi connectivity index (χ2n) is 2.20. The zero-order chi connectivity index (χ0) is 9.14. The van der Waals surface area contributed by atoms with Crippen molar-refractivity contribution in [1.82, 2.24) is 4.98 Å². The molecule has 0 spiro atoms. The monoisotopic (exact) mass is 170 g/mol. The molecule has 0 fully saturated rings. The lowest BCUT2D eigenvalue weighted by Crippen LogP contribution is -2.22. The minimum absolute atomic E-state index is 0.106. The first-order chi connectivity index (χ1) is 5.63. The number of pyridine rings is 1. The summed E-state index contributed by atoms with van der Waals surface area (Å²) >= 11 is 0. The number of nitrogens with two attached hydrogens (primary N) is 1. The van der Waals surface area contributed by atoms with Gasteiger partial charge in [-0.25, -0.2) is 4.98 Å². The summed E-state index contributed by atoms with van der Waals surface area (Å²) < 4.78 is 12.7. The van der Waals surface area contributed by atoms with Gasteiger partial charge in [-0.1, -0.05) is 6.07 Å². The summed E-state index contributed by atoms with van der Waals surface area (Å²) in [6, 6.07) is 1.38. The number of hydrogen-bond donors (Lipinski definition) is 2. The van der Waals surface area contributed by atoms with Gasteiger partial charge in [0, 0.05) is 11.8 Å². The maximum absolute atomic E-state index is 12.7. The van der Waals surface area contributed by atoms with Crippen molar-refractivity contribution in [1.29, 1.82) is 0 Å². The van der Waals surface area contributed by atoms with E-state index in [2.05, 4.69) is 4.98 Å². The smallest absolute Gasteiger partial charge is 0.325 e. The molecule has 0 saturated carbocycles. The van der Waals surface area contributed by atoms with Gasteiger partial charge in [-0.15, -0.1) is 0 Å². The van der Waals surface area contributed by atoms with E-state index >= 15 is 0 Å². The molecule has 0 amide bonds. The third-order valence-corrected chi connectivity index (χ3v) is 1.39. The standard InChI is InChI=1S/C7H7FN2O2/c8-6-4(2-1-3-10-6)5(9)7(11)12/h1-3,5H,9H2,(H,11,12)/t5-/m0/s1. The number of hydrogen-bond acceptors (Lipinski definition) is 3. The largest absolute Gasteiger partial charge is 0.480 e. The van der Waals surface area contributed by atoms with Crippen LogP contribution in [0.15, 0.2) is 18.3 Å². The summed E-state index contributed by atoms with van der Waals surface area (Å²) in [4.78, 5) is 13.6. The molecule has 0 saturated heterocycles. The minimum atomic E-state index is -1.35. The van der Waals surface area contributed by atoms with Crippen molar-refractivity contribution in [3.63, 3.8) is 0 Å². The van der Waals surface area contributed by atoms with Gasteiger partial charge in [-0.3, -0.25) is 4.79 Å². The fraction of sp³-hybridized carbons (Fsp3) is 0.143. The second kappa shape index (κ2) is 3.27. The third kappa shape index (κ3) is 1.57. The quantitative estimate of drug-likeness (QED) is 0.626. The van der Waals surface area contributed by atoms with E-state index in [4.69, 9.17) is 10.8 Å². The van der Waals surface area contributed by atoms with Crippen molar-refractivity contribution < 1.29 is 14.3 Å². The topological polar surface area (TPSA) is 76.2 Å². The van der Waals surface area contributed by atoms with Crippen molar-refractivity contribution in [2.24, 2.45) is 5.73 Å². The van der Waals surface area contributed by atoms with Gasteiger partial charge in [0.05, 0.1) is 0 Å². The zero-order valence-corrected chi connectivity index (χ0v) is 6.07. The van der Waals surface area contributed by atoms with Crippen LogP contribution in [-0.2, 0) is 4.79 Å². The summed E-state index contributed by atoms with van der Waals surface area (Å²) in [5.41, 5.74) is 5.05. The lowest BCUT2D eigenvalue weighted by atomic mass is 10.1. The highest BCUT2D eigenvalue weighted by atomic mass is 19.1. The van der Waals surface area contributed by atoms with Crippen LogP contribution in [0, 0.1) is 5.95 Å². The van der Waals surface area contributed by atoms with Crippen LogP contribution in [0.1, 0.15) is 11.6 Å². The van der Waals surface area contributed by atoms with Crippen LogP contribution >= 0.6 is 0 Å². The Bertz CT molecular complexity index is 303. The number of carboxylic acids is 1. The Kier molecular flexibility index (Phi) is 2.35. The average molecular weight is 170 g/mol. The van der Waals surface area contributed by atoms with E-state index in [1.165, 1.54) is 18.3 Å². The van der Waals surface area contributed by atoms with E-state index < -0.39 is 18.0 Å². The first-order valence-electron chi connectivity index (χ1n) is 3.21. The molecule has 12 heavy (non-hydrogen) atoms. The summed E-state index contributed by atoms with van der Waals surface area (Å²) in [5.74, 6) is -2.12. The maximum atomic E-state index is 12.7. The molecule has 0 aromatic carbocycles. The van der Waals surface area contributed by atoms with Crippen LogP contribution in [0.4, 0.5) is 4.39 Å². The van der Waals surface area contributed by atoms with Gasteiger partial charge < -0.3 is 10.8 Å². The summed E-state index contributed by atoms with van der Waals surface area (Å²) in [6.45, 7) is 0. The predicted octanol–water partition coefficient (Wildman–Crippen LogP) is 0.305. The molecule has 4 nitrogen and oxygen atoms in total. The molecule has 5 heteroatoms. The number of halogens is 1. The van der Waals surface area contributed by atoms with Crippen LogP contribution < -0.4 is 5.73 Å². The summed E-state index contributed by atoms with van der Waals surface area (Å²) in [6.07, 6.45) is 1.23. The molecule has 1 heterocycles. The normalized spacial score (nSPS) is 12.5. The van der Waals surface area contributed by atoms with Crippen molar-refractivity contribution >= 4 is 5.97 Å². The van der Waals surface area contributed by atoms with Crippen LogP contribution in [0.3, 0.4) is 0 Å². The van der Waals surface area contributed by atoms with Gasteiger partial charge in [0.25, 0.3) is 0 Å². The molecule has 0 aliphatic rings. The van der Waals surface area contributed by atoms with Gasteiger partial charge in [0.15, 0.2) is 0 Å². The Morgan fingerprint density at radius 3 is 2.92 bits per heavy atom. The number of carboxylic acid groups (broad SMARTS) is 1. The van der Waals surface area contributed by atoms with Crippen LogP contribution in [0.2, 0.25) is 0 Å². The van der Waals surface area contributed by atoms with Gasteiger partial charge in [0.1, 0.15) is 6.04 Å². The molecular weight excluding hydrogens is 163 g/mol. The Hall–Kier alpha value is -1.49. The maximum Gasteiger partial charge on any atom is 0.325 e. The Morgan fingerprint density at radius 1 is 1.75 bits per heavy atom. The second-order valence-corrected chi connectivity index (χ2v) is 2.20. The highest BCUT2D eigenvalue weighted by Crippen LogP contribution is 2.11.